The van der Waals surface area contributed by atoms with Crippen LogP contribution in [0.1, 0.15) is 85.8 Å². The van der Waals surface area contributed by atoms with Gasteiger partial charge in [-0.2, -0.15) is 0 Å². The zero-order valence-electron chi connectivity index (χ0n) is 21.7. The first-order chi connectivity index (χ1) is 18.8. The standard InChI is InChI=1S/C31H31F5O3/c1-2-3-26(37)23-11-7-19(28(33)30(23)35)15-38-20-8-4-17(5-9-20)21-10-6-18(14-25(21)32)22-12-13-24(27-16-39-27)31(36)29(22)34/h6-7,10-14,17,20,26-27,37H,2-5,8-9,15-16H2,1H3. The monoisotopic (exact) mass is 546 g/mol. The molecule has 2 unspecified atom stereocenters. The summed E-state index contributed by atoms with van der Waals surface area (Å²) in [5, 5.41) is 10.0. The van der Waals surface area contributed by atoms with E-state index in [-0.39, 0.29) is 46.4 Å². The maximum Gasteiger partial charge on any atom is 0.167 e. The van der Waals surface area contributed by atoms with Crippen LogP contribution in [0, 0.1) is 29.1 Å². The highest BCUT2D eigenvalue weighted by atomic mass is 19.2. The highest BCUT2D eigenvalue weighted by molar-refractivity contribution is 5.65. The molecule has 3 aromatic rings. The quantitative estimate of drug-likeness (QED) is 0.217. The molecule has 2 fully saturated rings. The van der Waals surface area contributed by atoms with Crippen molar-refractivity contribution in [3.05, 3.63) is 93.8 Å². The number of halogens is 5. The molecular weight excluding hydrogens is 515 g/mol. The van der Waals surface area contributed by atoms with E-state index in [1.807, 2.05) is 6.92 Å². The zero-order valence-corrected chi connectivity index (χ0v) is 21.7. The van der Waals surface area contributed by atoms with Crippen LogP contribution in [0.25, 0.3) is 11.1 Å². The van der Waals surface area contributed by atoms with Gasteiger partial charge in [-0.25, -0.2) is 22.0 Å². The van der Waals surface area contributed by atoms with E-state index in [1.165, 1.54) is 30.3 Å². The van der Waals surface area contributed by atoms with Crippen molar-refractivity contribution in [3.8, 4) is 11.1 Å². The molecule has 0 aromatic heterocycles. The first-order valence-electron chi connectivity index (χ1n) is 13.4. The number of aliphatic hydroxyl groups excluding tert-OH is 1. The number of hydrogen-bond acceptors (Lipinski definition) is 3. The van der Waals surface area contributed by atoms with E-state index in [1.54, 1.807) is 12.1 Å². The summed E-state index contributed by atoms with van der Waals surface area (Å²) in [6.07, 6.45) is 1.86. The second kappa shape index (κ2) is 11.7. The van der Waals surface area contributed by atoms with Crippen LogP contribution in [0.4, 0.5) is 22.0 Å². The second-order valence-corrected chi connectivity index (χ2v) is 10.4. The van der Waals surface area contributed by atoms with E-state index < -0.39 is 41.3 Å². The molecule has 1 N–H and O–H groups in total. The summed E-state index contributed by atoms with van der Waals surface area (Å²) in [6.45, 7) is 2.12. The summed E-state index contributed by atoms with van der Waals surface area (Å²) in [6, 6.07) is 10.2. The van der Waals surface area contributed by atoms with Crippen molar-refractivity contribution in [2.45, 2.75) is 76.3 Å². The van der Waals surface area contributed by atoms with Crippen molar-refractivity contribution < 1.29 is 36.5 Å². The van der Waals surface area contributed by atoms with E-state index in [9.17, 15) is 22.7 Å². The summed E-state index contributed by atoms with van der Waals surface area (Å²) in [5.41, 5.74) is 0.972. The molecular formula is C31H31F5O3. The lowest BCUT2D eigenvalue weighted by atomic mass is 9.82. The third-order valence-electron chi connectivity index (χ3n) is 7.81. The fourth-order valence-corrected chi connectivity index (χ4v) is 5.44. The van der Waals surface area contributed by atoms with Gasteiger partial charge in [0.15, 0.2) is 23.3 Å². The maximum atomic E-state index is 15.1. The molecule has 1 saturated heterocycles. The van der Waals surface area contributed by atoms with Crippen LogP contribution in [0.5, 0.6) is 0 Å². The van der Waals surface area contributed by atoms with E-state index in [0.29, 0.717) is 50.7 Å². The first kappa shape index (κ1) is 27.7. The fourth-order valence-electron chi connectivity index (χ4n) is 5.44. The molecule has 2 atom stereocenters. The number of epoxide rings is 1. The number of aliphatic hydroxyl groups is 1. The molecule has 208 valence electrons. The average Bonchev–Trinajstić information content (AvgIpc) is 3.77. The molecule has 1 saturated carbocycles. The summed E-state index contributed by atoms with van der Waals surface area (Å²) >= 11 is 0. The van der Waals surface area contributed by atoms with Crippen molar-refractivity contribution >= 4 is 0 Å². The molecule has 3 nitrogen and oxygen atoms in total. The first-order valence-corrected chi connectivity index (χ1v) is 13.4. The smallest absolute Gasteiger partial charge is 0.167 e. The molecule has 1 aliphatic carbocycles. The number of benzene rings is 3. The Labute approximate surface area is 224 Å². The number of ether oxygens (including phenoxy) is 2. The minimum Gasteiger partial charge on any atom is -0.388 e. The highest BCUT2D eigenvalue weighted by Gasteiger charge is 2.31. The topological polar surface area (TPSA) is 42.0 Å². The van der Waals surface area contributed by atoms with Gasteiger partial charge in [0.2, 0.25) is 0 Å². The van der Waals surface area contributed by atoms with E-state index in [4.69, 9.17) is 9.47 Å². The van der Waals surface area contributed by atoms with Gasteiger partial charge in [-0.15, -0.1) is 0 Å². The van der Waals surface area contributed by atoms with Crippen LogP contribution < -0.4 is 0 Å². The van der Waals surface area contributed by atoms with Crippen LogP contribution >= 0.6 is 0 Å². The van der Waals surface area contributed by atoms with Gasteiger partial charge in [-0.3, -0.25) is 0 Å². The van der Waals surface area contributed by atoms with Crippen LogP contribution in [0.3, 0.4) is 0 Å². The SMILES string of the molecule is CCCC(O)c1ccc(COC2CCC(c3ccc(-c4ccc(C5CO5)c(F)c4F)cc3F)CC2)c(F)c1F. The molecule has 0 bridgehead atoms. The zero-order chi connectivity index (χ0) is 27.7. The summed E-state index contributed by atoms with van der Waals surface area (Å²) in [7, 11) is 0. The lowest BCUT2D eigenvalue weighted by Gasteiger charge is -2.29. The predicted molar refractivity (Wildman–Crippen MR) is 136 cm³/mol. The third kappa shape index (κ3) is 5.88. The van der Waals surface area contributed by atoms with Gasteiger partial charge in [0.1, 0.15) is 11.9 Å². The van der Waals surface area contributed by atoms with Gasteiger partial charge in [0.25, 0.3) is 0 Å². The van der Waals surface area contributed by atoms with E-state index in [0.717, 1.165) is 0 Å². The van der Waals surface area contributed by atoms with Gasteiger partial charge in [0.05, 0.1) is 25.4 Å². The summed E-state index contributed by atoms with van der Waals surface area (Å²) < 4.78 is 84.1. The minimum atomic E-state index is -1.05. The molecule has 1 heterocycles. The van der Waals surface area contributed by atoms with Gasteiger partial charge in [-0.1, -0.05) is 49.7 Å². The predicted octanol–water partition coefficient (Wildman–Crippen LogP) is 8.20. The lowest BCUT2D eigenvalue weighted by molar-refractivity contribution is 0.0116. The summed E-state index contributed by atoms with van der Waals surface area (Å²) in [4.78, 5) is 0. The van der Waals surface area contributed by atoms with Crippen molar-refractivity contribution in [1.82, 2.24) is 0 Å². The van der Waals surface area contributed by atoms with E-state index in [2.05, 4.69) is 0 Å². The maximum absolute atomic E-state index is 15.1. The second-order valence-electron chi connectivity index (χ2n) is 10.4. The molecule has 5 rings (SSSR count). The Balaban J connectivity index is 1.19. The highest BCUT2D eigenvalue weighted by Crippen LogP contribution is 2.39. The van der Waals surface area contributed by atoms with Gasteiger partial charge in [-0.05, 0) is 55.2 Å². The van der Waals surface area contributed by atoms with Gasteiger partial charge >= 0.3 is 0 Å². The number of rotatable bonds is 9. The van der Waals surface area contributed by atoms with E-state index >= 15 is 4.39 Å². The molecule has 8 heteroatoms. The molecule has 0 radical (unpaired) electrons. The van der Waals surface area contributed by atoms with Crippen LogP contribution in [0.2, 0.25) is 0 Å². The van der Waals surface area contributed by atoms with Gasteiger partial charge in [0, 0.05) is 22.3 Å². The molecule has 0 spiro atoms. The fraction of sp³-hybridized carbons (Fsp3) is 0.419. The molecule has 3 aromatic carbocycles. The normalized spacial score (nSPS) is 21.7. The van der Waals surface area contributed by atoms with Gasteiger partial charge < -0.3 is 14.6 Å². The van der Waals surface area contributed by atoms with Crippen LogP contribution in [-0.4, -0.2) is 17.8 Å². The van der Waals surface area contributed by atoms with Crippen molar-refractivity contribution in [1.29, 1.82) is 0 Å². The van der Waals surface area contributed by atoms with Crippen molar-refractivity contribution in [3.63, 3.8) is 0 Å². The number of hydrogen-bond donors (Lipinski definition) is 1. The Hall–Kier alpha value is -2.81. The third-order valence-corrected chi connectivity index (χ3v) is 7.81. The Morgan fingerprint density at radius 2 is 1.59 bits per heavy atom. The molecule has 2 aliphatic rings. The minimum absolute atomic E-state index is 0.00367. The average molecular weight is 547 g/mol. The molecule has 39 heavy (non-hydrogen) atoms. The molecule has 1 aliphatic heterocycles. The van der Waals surface area contributed by atoms with Crippen molar-refractivity contribution in [2.75, 3.05) is 6.61 Å². The molecule has 0 amide bonds. The van der Waals surface area contributed by atoms with Crippen LogP contribution in [-0.2, 0) is 16.1 Å². The Morgan fingerprint density at radius 1 is 0.872 bits per heavy atom. The Morgan fingerprint density at radius 3 is 2.26 bits per heavy atom. The Bertz CT molecular complexity index is 1330. The van der Waals surface area contributed by atoms with Crippen LogP contribution in [0.15, 0.2) is 42.5 Å². The largest absolute Gasteiger partial charge is 0.388 e. The van der Waals surface area contributed by atoms with Crippen molar-refractivity contribution in [2.24, 2.45) is 0 Å². The Kier molecular flexibility index (Phi) is 8.35. The summed E-state index contributed by atoms with van der Waals surface area (Å²) in [5.74, 6) is -4.58. The lowest BCUT2D eigenvalue weighted by Crippen LogP contribution is -2.21.